The zero-order valence-electron chi connectivity index (χ0n) is 2.85. The Balaban J connectivity index is 2.63. The second-order valence-electron chi connectivity index (χ2n) is 1.18. The quantitative estimate of drug-likeness (QED) is 0.355. The normalized spacial score (nSPS) is 55.3. The molecular formula is C2H3ClO2S. The van der Waals surface area contributed by atoms with Crippen LogP contribution in [0.5, 0.6) is 0 Å². The summed E-state index contributed by atoms with van der Waals surface area (Å²) < 4.78 is 8.59. The molecule has 1 aliphatic heterocycles. The maximum atomic E-state index is 9.94. The van der Waals surface area contributed by atoms with Gasteiger partial charge in [0.25, 0.3) is 0 Å². The fraction of sp³-hybridized carbons (Fsp3) is 1.00. The molecule has 0 aliphatic carbocycles. The molecule has 0 saturated carbocycles. The van der Waals surface area contributed by atoms with Crippen molar-refractivity contribution < 1.29 is 9.32 Å². The van der Waals surface area contributed by atoms with Gasteiger partial charge >= 0.3 is 0 Å². The van der Waals surface area contributed by atoms with Gasteiger partial charge in [0.05, 0.1) is 16.6 Å². The predicted octanol–water partition coefficient (Wildman–Crippen LogP) is -0.366. The van der Waals surface area contributed by atoms with Crippen LogP contribution in [0.25, 0.3) is 0 Å². The highest BCUT2D eigenvalue weighted by molar-refractivity contribution is 7.95. The highest BCUT2D eigenvalue weighted by Crippen LogP contribution is 2.32. The Hall–Kier alpha value is 0.400. The van der Waals surface area contributed by atoms with Crippen LogP contribution in [0.4, 0.5) is 0 Å². The molecule has 0 amide bonds. The lowest BCUT2D eigenvalue weighted by molar-refractivity contribution is 0.273. The van der Waals surface area contributed by atoms with Crippen molar-refractivity contribution in [3.63, 3.8) is 0 Å². The number of aliphatic hydroxyl groups is 1. The molecule has 36 valence electrons. The molecule has 0 aromatic heterocycles. The molecule has 1 aliphatic rings. The molecule has 1 saturated heterocycles. The van der Waals surface area contributed by atoms with E-state index >= 15 is 0 Å². The van der Waals surface area contributed by atoms with Crippen LogP contribution in [-0.4, -0.2) is 19.5 Å². The monoisotopic (exact) mass is 126 g/mol. The van der Waals surface area contributed by atoms with Crippen molar-refractivity contribution in [1.29, 1.82) is 0 Å². The Kier molecular flexibility index (Phi) is 0.734. The van der Waals surface area contributed by atoms with E-state index < -0.39 is 15.2 Å². The van der Waals surface area contributed by atoms with Gasteiger partial charge in [0.1, 0.15) is 0 Å². The van der Waals surface area contributed by atoms with Crippen molar-refractivity contribution in [3.8, 4) is 0 Å². The van der Waals surface area contributed by atoms with Crippen LogP contribution >= 0.6 is 11.6 Å². The van der Waals surface area contributed by atoms with E-state index in [9.17, 15) is 4.21 Å². The fourth-order valence-electron chi connectivity index (χ4n) is 0.132. The summed E-state index contributed by atoms with van der Waals surface area (Å²) in [6, 6.07) is 0. The molecule has 4 heteroatoms. The van der Waals surface area contributed by atoms with E-state index in [-0.39, 0.29) is 5.75 Å². The lowest BCUT2D eigenvalue weighted by Crippen LogP contribution is -1.94. The van der Waals surface area contributed by atoms with Crippen molar-refractivity contribution in [2.45, 2.75) is 4.39 Å². The molecule has 1 rings (SSSR count). The third kappa shape index (κ3) is 0.576. The van der Waals surface area contributed by atoms with Crippen molar-refractivity contribution in [1.82, 2.24) is 0 Å². The van der Waals surface area contributed by atoms with Gasteiger partial charge in [-0.25, -0.2) is 0 Å². The number of rotatable bonds is 0. The second-order valence-corrected chi connectivity index (χ2v) is 3.68. The molecule has 1 heterocycles. The first kappa shape index (κ1) is 4.56. The molecule has 1 N–H and O–H groups in total. The zero-order chi connectivity index (χ0) is 4.78. The average Bonchev–Trinajstić information content (AvgIpc) is 1.73. The highest BCUT2D eigenvalue weighted by Gasteiger charge is 2.49. The van der Waals surface area contributed by atoms with Crippen LogP contribution in [0.1, 0.15) is 0 Å². The van der Waals surface area contributed by atoms with Crippen molar-refractivity contribution >= 4 is 22.4 Å². The van der Waals surface area contributed by atoms with Crippen LogP contribution in [0.15, 0.2) is 0 Å². The molecule has 0 radical (unpaired) electrons. The first-order chi connectivity index (χ1) is 2.63. The minimum absolute atomic E-state index is 0.231. The summed E-state index contributed by atoms with van der Waals surface area (Å²) in [6.45, 7) is 0. The average molecular weight is 127 g/mol. The Morgan fingerprint density at radius 2 is 2.17 bits per heavy atom. The van der Waals surface area contributed by atoms with E-state index in [1.165, 1.54) is 0 Å². The largest absolute Gasteiger partial charge is 0.364 e. The minimum atomic E-state index is -1.35. The molecule has 0 bridgehead atoms. The standard InChI is InChI=1S/C2H3ClO2S/c3-2(4)1-6(2)5/h4H,1H2. The fourth-order valence-corrected chi connectivity index (χ4v) is 0.838. The van der Waals surface area contributed by atoms with E-state index in [1.807, 2.05) is 0 Å². The van der Waals surface area contributed by atoms with Crippen molar-refractivity contribution in [3.05, 3.63) is 0 Å². The first-order valence-corrected chi connectivity index (χ1v) is 3.12. The maximum absolute atomic E-state index is 9.94. The second kappa shape index (κ2) is 0.967. The van der Waals surface area contributed by atoms with Gasteiger partial charge in [0.2, 0.25) is 4.39 Å². The van der Waals surface area contributed by atoms with Crippen LogP contribution in [0.2, 0.25) is 0 Å². The van der Waals surface area contributed by atoms with Crippen LogP contribution in [0, 0.1) is 0 Å². The highest BCUT2D eigenvalue weighted by atomic mass is 35.5. The topological polar surface area (TPSA) is 37.3 Å². The molecule has 6 heavy (non-hydrogen) atoms. The minimum Gasteiger partial charge on any atom is -0.364 e. The van der Waals surface area contributed by atoms with Crippen LogP contribution in [-0.2, 0) is 10.8 Å². The lowest BCUT2D eigenvalue weighted by Gasteiger charge is -1.80. The molecule has 2 unspecified atom stereocenters. The Morgan fingerprint density at radius 3 is 2.17 bits per heavy atom. The SMILES string of the molecule is O=S1CC1(O)Cl. The number of hydrogen-bond donors (Lipinski definition) is 1. The van der Waals surface area contributed by atoms with Gasteiger partial charge in [-0.1, -0.05) is 11.6 Å². The van der Waals surface area contributed by atoms with Gasteiger partial charge in [-0.05, 0) is 0 Å². The Labute approximate surface area is 42.6 Å². The van der Waals surface area contributed by atoms with Gasteiger partial charge < -0.3 is 5.11 Å². The molecular weight excluding hydrogens is 124 g/mol. The zero-order valence-corrected chi connectivity index (χ0v) is 4.42. The summed E-state index contributed by atoms with van der Waals surface area (Å²) in [6.07, 6.45) is 0. The van der Waals surface area contributed by atoms with E-state index in [0.29, 0.717) is 0 Å². The van der Waals surface area contributed by atoms with Gasteiger partial charge in [0.15, 0.2) is 0 Å². The van der Waals surface area contributed by atoms with Gasteiger partial charge in [0, 0.05) is 0 Å². The van der Waals surface area contributed by atoms with Gasteiger partial charge in [-0.3, -0.25) is 4.21 Å². The summed E-state index contributed by atoms with van der Waals surface area (Å²) in [5.41, 5.74) is 0. The third-order valence-corrected chi connectivity index (χ3v) is 2.55. The molecule has 1 fully saturated rings. The first-order valence-electron chi connectivity index (χ1n) is 1.43. The number of halogens is 1. The van der Waals surface area contributed by atoms with Crippen LogP contribution < -0.4 is 0 Å². The summed E-state index contributed by atoms with van der Waals surface area (Å²) in [4.78, 5) is 0. The molecule has 2 nitrogen and oxygen atoms in total. The smallest absolute Gasteiger partial charge is 0.226 e. The van der Waals surface area contributed by atoms with E-state index in [2.05, 4.69) is 0 Å². The summed E-state index contributed by atoms with van der Waals surface area (Å²) in [5, 5.41) is 8.37. The van der Waals surface area contributed by atoms with Crippen molar-refractivity contribution in [2.24, 2.45) is 0 Å². The lowest BCUT2D eigenvalue weighted by atomic mass is 10.9. The van der Waals surface area contributed by atoms with Gasteiger partial charge in [-0.2, -0.15) is 0 Å². The van der Waals surface area contributed by atoms with E-state index in [1.54, 1.807) is 0 Å². The summed E-state index contributed by atoms with van der Waals surface area (Å²) in [7, 11) is -1.15. The Bertz CT molecular complexity index is 99.7. The third-order valence-electron chi connectivity index (χ3n) is 0.569. The van der Waals surface area contributed by atoms with Crippen molar-refractivity contribution in [2.75, 3.05) is 5.75 Å². The maximum Gasteiger partial charge on any atom is 0.226 e. The molecule has 0 aromatic carbocycles. The Morgan fingerprint density at radius 1 is 2.00 bits per heavy atom. The molecule has 0 aromatic rings. The molecule has 2 atom stereocenters. The molecule has 0 spiro atoms. The van der Waals surface area contributed by atoms with E-state index in [4.69, 9.17) is 16.7 Å². The predicted molar refractivity (Wildman–Crippen MR) is 23.8 cm³/mol. The summed E-state index contributed by atoms with van der Waals surface area (Å²) >= 11 is 5.05. The number of hydrogen-bond acceptors (Lipinski definition) is 2. The number of alkyl halides is 1. The van der Waals surface area contributed by atoms with E-state index in [0.717, 1.165) is 0 Å². The van der Waals surface area contributed by atoms with Crippen LogP contribution in [0.3, 0.4) is 0 Å². The van der Waals surface area contributed by atoms with Gasteiger partial charge in [-0.15, -0.1) is 0 Å². The summed E-state index contributed by atoms with van der Waals surface area (Å²) in [5.74, 6) is 0.231.